The van der Waals surface area contributed by atoms with Gasteiger partial charge in [0.15, 0.2) is 5.78 Å². The Bertz CT molecular complexity index is 689. The van der Waals surface area contributed by atoms with Gasteiger partial charge in [-0.1, -0.05) is 15.9 Å². The van der Waals surface area contributed by atoms with E-state index in [0.717, 1.165) is 9.64 Å². The molecule has 0 N–H and O–H groups in total. The van der Waals surface area contributed by atoms with Crippen LogP contribution in [0.3, 0.4) is 0 Å². The summed E-state index contributed by atoms with van der Waals surface area (Å²) < 4.78 is 29.2. The fraction of sp³-hybridized carbons (Fsp3) is 0.0714. The lowest BCUT2D eigenvalue weighted by Crippen LogP contribution is -2.08. The third-order valence-corrected chi connectivity index (χ3v) is 4.68. The highest BCUT2D eigenvalue weighted by molar-refractivity contribution is 14.1. The highest BCUT2D eigenvalue weighted by atomic mass is 127. The van der Waals surface area contributed by atoms with Crippen LogP contribution in [0.2, 0.25) is 0 Å². The molecule has 0 bridgehead atoms. The minimum Gasteiger partial charge on any atom is -0.294 e. The summed E-state index contributed by atoms with van der Waals surface area (Å²) >= 11 is 8.34. The first-order chi connectivity index (χ1) is 9.40. The monoisotopic (exact) mass is 514 g/mol. The predicted molar refractivity (Wildman–Crippen MR) is 89.0 cm³/mol. The molecule has 0 fully saturated rings. The van der Waals surface area contributed by atoms with E-state index in [-0.39, 0.29) is 22.2 Å². The molecule has 1 nitrogen and oxygen atoms in total. The van der Waals surface area contributed by atoms with Gasteiger partial charge >= 0.3 is 0 Å². The quantitative estimate of drug-likeness (QED) is 0.299. The second-order valence-electron chi connectivity index (χ2n) is 4.05. The highest BCUT2D eigenvalue weighted by Crippen LogP contribution is 2.25. The molecule has 0 saturated carbocycles. The summed E-state index contributed by atoms with van der Waals surface area (Å²) in [6, 6.07) is 7.67. The summed E-state index contributed by atoms with van der Waals surface area (Å²) in [6.07, 6.45) is -0.324. The summed E-state index contributed by atoms with van der Waals surface area (Å²) in [5.41, 5.74) is 0.186. The van der Waals surface area contributed by atoms with Crippen molar-refractivity contribution >= 4 is 60.2 Å². The van der Waals surface area contributed by atoms with Crippen molar-refractivity contribution in [3.8, 4) is 0 Å². The molecule has 0 saturated heterocycles. The van der Waals surface area contributed by atoms with Crippen LogP contribution in [0, 0.1) is 15.2 Å². The smallest absolute Gasteiger partial charge is 0.168 e. The van der Waals surface area contributed by atoms with Crippen LogP contribution in [0.15, 0.2) is 39.3 Å². The van der Waals surface area contributed by atoms with Crippen LogP contribution in [0.25, 0.3) is 0 Å². The van der Waals surface area contributed by atoms with E-state index in [2.05, 4.69) is 54.5 Å². The van der Waals surface area contributed by atoms with Gasteiger partial charge in [-0.15, -0.1) is 0 Å². The second kappa shape index (κ2) is 6.62. The molecule has 6 heteroatoms. The molecule has 0 aliphatic rings. The molecule has 2 aromatic rings. The van der Waals surface area contributed by atoms with Gasteiger partial charge in [0.2, 0.25) is 0 Å². The fourth-order valence-corrected chi connectivity index (χ4v) is 3.03. The number of carbonyl (C=O) groups is 1. The van der Waals surface area contributed by atoms with E-state index in [0.29, 0.717) is 10.0 Å². The van der Waals surface area contributed by atoms with Crippen LogP contribution in [0.4, 0.5) is 8.78 Å². The standard InChI is InChI=1S/C14H7Br2F2IO/c15-10-2-1-7(19)5-8(10)13(20)6-9-12(17)4-3-11(16)14(9)18/h1-5H,6H2. The van der Waals surface area contributed by atoms with Gasteiger partial charge in [0.1, 0.15) is 11.6 Å². The Hall–Kier alpha value is -0.340. The van der Waals surface area contributed by atoms with Crippen molar-refractivity contribution < 1.29 is 13.6 Å². The number of ketones is 1. The summed E-state index contributed by atoms with van der Waals surface area (Å²) in [4.78, 5) is 12.2. The first-order valence-corrected chi connectivity index (χ1v) is 8.17. The maximum absolute atomic E-state index is 13.9. The van der Waals surface area contributed by atoms with E-state index in [4.69, 9.17) is 0 Å². The lowest BCUT2D eigenvalue weighted by atomic mass is 10.0. The van der Waals surface area contributed by atoms with E-state index in [1.807, 2.05) is 6.07 Å². The van der Waals surface area contributed by atoms with Crippen molar-refractivity contribution in [3.63, 3.8) is 0 Å². The lowest BCUT2D eigenvalue weighted by molar-refractivity contribution is 0.0989. The molecule has 0 aromatic heterocycles. The predicted octanol–water partition coefficient (Wildman–Crippen LogP) is 5.52. The summed E-state index contributed by atoms with van der Waals surface area (Å²) in [6.45, 7) is 0. The number of Topliss-reactive ketones (excluding diaryl/α,β-unsaturated/α-hetero) is 1. The van der Waals surface area contributed by atoms with Crippen molar-refractivity contribution in [3.05, 3.63) is 65.6 Å². The fourth-order valence-electron chi connectivity index (χ4n) is 1.70. The highest BCUT2D eigenvalue weighted by Gasteiger charge is 2.18. The third kappa shape index (κ3) is 3.46. The molecule has 2 rings (SSSR count). The van der Waals surface area contributed by atoms with Crippen molar-refractivity contribution in [1.29, 1.82) is 0 Å². The van der Waals surface area contributed by atoms with Gasteiger partial charge in [-0.3, -0.25) is 4.79 Å². The van der Waals surface area contributed by atoms with Crippen LogP contribution in [-0.2, 0) is 6.42 Å². The molecule has 0 unspecified atom stereocenters. The van der Waals surface area contributed by atoms with E-state index in [1.54, 1.807) is 12.1 Å². The zero-order valence-corrected chi connectivity index (χ0v) is 15.2. The molecular formula is C14H7Br2F2IO. The van der Waals surface area contributed by atoms with E-state index < -0.39 is 11.6 Å². The van der Waals surface area contributed by atoms with Gasteiger partial charge in [0, 0.05) is 25.6 Å². The van der Waals surface area contributed by atoms with Crippen molar-refractivity contribution in [2.75, 3.05) is 0 Å². The third-order valence-electron chi connectivity index (χ3n) is 2.71. The first kappa shape index (κ1) is 16.0. The summed E-state index contributed by atoms with van der Waals surface area (Å²) in [5.74, 6) is -1.80. The first-order valence-electron chi connectivity index (χ1n) is 5.50. The molecule has 0 aliphatic heterocycles. The molecule has 0 radical (unpaired) electrons. The number of benzene rings is 2. The minimum absolute atomic E-state index is 0.142. The zero-order valence-electron chi connectivity index (χ0n) is 9.89. The number of halogens is 5. The topological polar surface area (TPSA) is 17.1 Å². The lowest BCUT2D eigenvalue weighted by Gasteiger charge is -2.08. The Morgan fingerprint density at radius 1 is 1.10 bits per heavy atom. The number of hydrogen-bond donors (Lipinski definition) is 0. The van der Waals surface area contributed by atoms with Gasteiger partial charge < -0.3 is 0 Å². The maximum atomic E-state index is 13.9. The molecule has 0 aliphatic carbocycles. The second-order valence-corrected chi connectivity index (χ2v) is 7.00. The van der Waals surface area contributed by atoms with Gasteiger partial charge in [-0.2, -0.15) is 0 Å². The SMILES string of the molecule is O=C(Cc1c(F)ccc(Br)c1F)c1cc(I)ccc1Br. The Kier molecular flexibility index (Phi) is 5.30. The van der Waals surface area contributed by atoms with Gasteiger partial charge in [0.05, 0.1) is 4.47 Å². The number of hydrogen-bond acceptors (Lipinski definition) is 1. The van der Waals surface area contributed by atoms with Gasteiger partial charge in [0.25, 0.3) is 0 Å². The molecule has 0 spiro atoms. The average molecular weight is 516 g/mol. The molecule has 20 heavy (non-hydrogen) atoms. The molecular weight excluding hydrogens is 509 g/mol. The largest absolute Gasteiger partial charge is 0.294 e. The molecule has 2 aromatic carbocycles. The van der Waals surface area contributed by atoms with Crippen LogP contribution in [-0.4, -0.2) is 5.78 Å². The van der Waals surface area contributed by atoms with Crippen molar-refractivity contribution in [2.45, 2.75) is 6.42 Å². The molecule has 0 atom stereocenters. The van der Waals surface area contributed by atoms with Crippen LogP contribution < -0.4 is 0 Å². The average Bonchev–Trinajstić information content (AvgIpc) is 2.41. The van der Waals surface area contributed by atoms with Crippen molar-refractivity contribution in [2.24, 2.45) is 0 Å². The number of carbonyl (C=O) groups excluding carboxylic acids is 1. The van der Waals surface area contributed by atoms with Crippen LogP contribution in [0.1, 0.15) is 15.9 Å². The van der Waals surface area contributed by atoms with E-state index >= 15 is 0 Å². The number of rotatable bonds is 3. The zero-order chi connectivity index (χ0) is 14.9. The van der Waals surface area contributed by atoms with E-state index in [9.17, 15) is 13.6 Å². The molecule has 0 heterocycles. The van der Waals surface area contributed by atoms with Crippen LogP contribution >= 0.6 is 54.5 Å². The molecule has 0 amide bonds. The Morgan fingerprint density at radius 2 is 1.75 bits per heavy atom. The molecule has 104 valence electrons. The maximum Gasteiger partial charge on any atom is 0.168 e. The Morgan fingerprint density at radius 3 is 2.45 bits per heavy atom. The Balaban J connectivity index is 2.38. The van der Waals surface area contributed by atoms with Gasteiger partial charge in [-0.05, 0) is 68.9 Å². The van der Waals surface area contributed by atoms with Gasteiger partial charge in [-0.25, -0.2) is 8.78 Å². The summed E-state index contributed by atoms with van der Waals surface area (Å²) in [5, 5.41) is 0. The van der Waals surface area contributed by atoms with E-state index in [1.165, 1.54) is 6.07 Å². The summed E-state index contributed by atoms with van der Waals surface area (Å²) in [7, 11) is 0. The van der Waals surface area contributed by atoms with Crippen LogP contribution in [0.5, 0.6) is 0 Å². The van der Waals surface area contributed by atoms with Crippen molar-refractivity contribution in [1.82, 2.24) is 0 Å². The normalized spacial score (nSPS) is 10.7. The Labute approximate surface area is 145 Å². The minimum atomic E-state index is -0.736.